The molecule has 0 nitrogen and oxygen atoms in total. The maximum Gasteiger partial charge on any atom is 0.0334 e. The summed E-state index contributed by atoms with van der Waals surface area (Å²) in [5.41, 5.74) is 11.0. The summed E-state index contributed by atoms with van der Waals surface area (Å²) in [5.74, 6) is 13.8. The van der Waals surface area contributed by atoms with Crippen molar-refractivity contribution in [3.63, 3.8) is 0 Å². The van der Waals surface area contributed by atoms with E-state index in [-0.39, 0.29) is 0 Å². The predicted octanol–water partition coefficient (Wildman–Crippen LogP) is 9.59. The molecule has 0 aliphatic heterocycles. The maximum absolute atomic E-state index is 3.51. The lowest BCUT2D eigenvalue weighted by Crippen LogP contribution is -1.94. The number of benzene rings is 6. The first-order chi connectivity index (χ1) is 19.7. The Morgan fingerprint density at radius 1 is 0.375 bits per heavy atom. The van der Waals surface area contributed by atoms with E-state index < -0.39 is 0 Å². The van der Waals surface area contributed by atoms with Crippen molar-refractivity contribution in [2.24, 2.45) is 0 Å². The van der Waals surface area contributed by atoms with Gasteiger partial charge < -0.3 is 0 Å². The van der Waals surface area contributed by atoms with Gasteiger partial charge in [-0.1, -0.05) is 132 Å². The summed E-state index contributed by atoms with van der Waals surface area (Å²) in [6, 6.07) is 46.6. The summed E-state index contributed by atoms with van der Waals surface area (Å²) in [7, 11) is 0. The molecule has 40 heavy (non-hydrogen) atoms. The lowest BCUT2D eigenvalue weighted by molar-refractivity contribution is 1.46. The molecule has 0 aliphatic rings. The molecule has 0 bridgehead atoms. The summed E-state index contributed by atoms with van der Waals surface area (Å²) in [6.07, 6.45) is 0. The summed E-state index contributed by atoms with van der Waals surface area (Å²) < 4.78 is 0. The van der Waals surface area contributed by atoms with Gasteiger partial charge in [0.15, 0.2) is 0 Å². The average Bonchev–Trinajstić information content (AvgIpc) is 3.00. The maximum atomic E-state index is 3.51. The van der Waals surface area contributed by atoms with Crippen molar-refractivity contribution in [3.05, 3.63) is 167 Å². The number of hydrogen-bond donors (Lipinski definition) is 0. The van der Waals surface area contributed by atoms with Gasteiger partial charge in [0.05, 0.1) is 0 Å². The van der Waals surface area contributed by atoms with E-state index in [4.69, 9.17) is 0 Å². The predicted molar refractivity (Wildman–Crippen MR) is 169 cm³/mol. The fourth-order valence-electron chi connectivity index (χ4n) is 4.99. The first-order valence-electron chi connectivity index (χ1n) is 13.5. The molecule has 0 saturated heterocycles. The van der Waals surface area contributed by atoms with Crippen molar-refractivity contribution in [2.45, 2.75) is 13.8 Å². The van der Waals surface area contributed by atoms with Crippen molar-refractivity contribution in [3.8, 4) is 45.9 Å². The molecule has 6 aromatic carbocycles. The second-order valence-electron chi connectivity index (χ2n) is 10.0. The number of aryl methyl sites for hydroxylation is 2. The number of hydrogen-bond acceptors (Lipinski definition) is 0. The fourth-order valence-corrected chi connectivity index (χ4v) is 4.99. The highest BCUT2D eigenvalue weighted by Gasteiger charge is 2.16. The summed E-state index contributed by atoms with van der Waals surface area (Å²) in [6.45, 7) is 4.19. The molecule has 0 N–H and O–H groups in total. The van der Waals surface area contributed by atoms with Crippen molar-refractivity contribution in [1.29, 1.82) is 0 Å². The minimum absolute atomic E-state index is 1.00. The molecule has 0 radical (unpaired) electrons. The van der Waals surface area contributed by atoms with Gasteiger partial charge in [-0.2, -0.15) is 0 Å². The van der Waals surface area contributed by atoms with Crippen LogP contribution in [-0.4, -0.2) is 0 Å². The van der Waals surface area contributed by atoms with Gasteiger partial charge in [0.1, 0.15) is 0 Å². The molecule has 0 amide bonds. The lowest BCUT2D eigenvalue weighted by atomic mass is 9.86. The topological polar surface area (TPSA) is 0 Å². The zero-order chi connectivity index (χ0) is 27.3. The van der Waals surface area contributed by atoms with E-state index in [1.165, 1.54) is 21.9 Å². The van der Waals surface area contributed by atoms with Crippen LogP contribution >= 0.6 is 0 Å². The molecular weight excluding hydrogens is 480 g/mol. The van der Waals surface area contributed by atoms with E-state index in [0.717, 1.165) is 44.5 Å². The van der Waals surface area contributed by atoms with Crippen molar-refractivity contribution in [1.82, 2.24) is 0 Å². The van der Waals surface area contributed by atoms with Crippen LogP contribution in [0.25, 0.3) is 33.0 Å². The Hall–Kier alpha value is -5.30. The fraction of sp³-hybridized carbons (Fsp3) is 0.0500. The van der Waals surface area contributed by atoms with Crippen LogP contribution in [0.4, 0.5) is 0 Å². The van der Waals surface area contributed by atoms with Gasteiger partial charge in [0.2, 0.25) is 0 Å². The van der Waals surface area contributed by atoms with Gasteiger partial charge in [-0.3, -0.25) is 0 Å². The molecule has 0 aromatic heterocycles. The van der Waals surface area contributed by atoms with Crippen molar-refractivity contribution in [2.75, 3.05) is 0 Å². The summed E-state index contributed by atoms with van der Waals surface area (Å²) in [4.78, 5) is 0. The monoisotopic (exact) mass is 508 g/mol. The van der Waals surface area contributed by atoms with E-state index in [9.17, 15) is 0 Å². The van der Waals surface area contributed by atoms with Crippen LogP contribution in [0, 0.1) is 37.5 Å². The summed E-state index contributed by atoms with van der Waals surface area (Å²) >= 11 is 0. The van der Waals surface area contributed by atoms with E-state index in [1.807, 2.05) is 0 Å². The molecule has 0 aliphatic carbocycles. The van der Waals surface area contributed by atoms with Crippen molar-refractivity contribution < 1.29 is 0 Å². The average molecular weight is 509 g/mol. The Morgan fingerprint density at radius 3 is 1.18 bits per heavy atom. The van der Waals surface area contributed by atoms with E-state index in [2.05, 4.69) is 171 Å². The molecule has 0 saturated carbocycles. The molecule has 6 rings (SSSR count). The Balaban J connectivity index is 1.65. The first-order valence-corrected chi connectivity index (χ1v) is 13.5. The zero-order valence-corrected chi connectivity index (χ0v) is 22.7. The van der Waals surface area contributed by atoms with Crippen LogP contribution in [0.1, 0.15) is 33.4 Å². The highest BCUT2D eigenvalue weighted by Crippen LogP contribution is 2.40. The highest BCUT2D eigenvalue weighted by molar-refractivity contribution is 6.10. The van der Waals surface area contributed by atoms with Crippen LogP contribution in [0.15, 0.2) is 133 Å². The highest BCUT2D eigenvalue weighted by atomic mass is 14.2. The summed E-state index contributed by atoms with van der Waals surface area (Å²) in [5, 5.41) is 2.34. The zero-order valence-electron chi connectivity index (χ0n) is 22.7. The Morgan fingerprint density at radius 2 is 0.775 bits per heavy atom. The van der Waals surface area contributed by atoms with Crippen LogP contribution in [0.3, 0.4) is 0 Å². The van der Waals surface area contributed by atoms with Crippen LogP contribution < -0.4 is 0 Å². The second-order valence-corrected chi connectivity index (χ2v) is 10.0. The smallest absolute Gasteiger partial charge is 0.0334 e. The Bertz CT molecular complexity index is 1780. The van der Waals surface area contributed by atoms with E-state index >= 15 is 0 Å². The van der Waals surface area contributed by atoms with Gasteiger partial charge >= 0.3 is 0 Å². The standard InChI is InChI=1S/C40H28/c1-29-13-17-31(18-14-29)21-23-35-25-27-37-28-26-36(24-22-32-19-15-30(2)16-20-32)39(34-11-7-4-8-12-34)40(37)38(35)33-9-5-3-6-10-33/h3-20,25-28H,1-2H3. The van der Waals surface area contributed by atoms with Gasteiger partial charge in [0.25, 0.3) is 0 Å². The van der Waals surface area contributed by atoms with Gasteiger partial charge in [-0.15, -0.1) is 0 Å². The third kappa shape index (κ3) is 5.31. The second kappa shape index (κ2) is 11.2. The van der Waals surface area contributed by atoms with E-state index in [1.54, 1.807) is 0 Å². The van der Waals surface area contributed by atoms with Gasteiger partial charge in [0, 0.05) is 33.4 Å². The van der Waals surface area contributed by atoms with Crippen LogP contribution in [0.2, 0.25) is 0 Å². The molecule has 6 aromatic rings. The molecule has 0 heterocycles. The molecule has 0 unspecified atom stereocenters. The first kappa shape index (κ1) is 25.0. The molecule has 188 valence electrons. The van der Waals surface area contributed by atoms with Crippen molar-refractivity contribution >= 4 is 10.8 Å². The third-order valence-corrected chi connectivity index (χ3v) is 7.10. The Labute approximate surface area is 237 Å². The minimum atomic E-state index is 1.00. The normalized spacial score (nSPS) is 10.3. The third-order valence-electron chi connectivity index (χ3n) is 7.10. The quantitative estimate of drug-likeness (QED) is 0.204. The van der Waals surface area contributed by atoms with Gasteiger partial charge in [-0.25, -0.2) is 0 Å². The SMILES string of the molecule is Cc1ccc(C#Cc2ccc3ccc(C#Cc4ccc(C)cc4)c(-c4ccccc4)c3c2-c2ccccc2)cc1. The minimum Gasteiger partial charge on any atom is -0.0622 e. The van der Waals surface area contributed by atoms with Crippen LogP contribution in [0.5, 0.6) is 0 Å². The van der Waals surface area contributed by atoms with E-state index in [0.29, 0.717) is 0 Å². The molecule has 0 atom stereocenters. The Kier molecular flexibility index (Phi) is 7.01. The molecule has 0 fully saturated rings. The van der Waals surface area contributed by atoms with Crippen LogP contribution in [-0.2, 0) is 0 Å². The largest absolute Gasteiger partial charge is 0.0622 e. The number of fused-ring (bicyclic) bond motifs is 1. The van der Waals surface area contributed by atoms with Gasteiger partial charge in [-0.05, 0) is 72.1 Å². The molecular formula is C40H28. The lowest BCUT2D eigenvalue weighted by Gasteiger charge is -2.16. The molecule has 0 heteroatoms. The molecule has 0 spiro atoms. The number of rotatable bonds is 2.